The van der Waals surface area contributed by atoms with E-state index in [9.17, 15) is 4.79 Å². The second-order valence-corrected chi connectivity index (χ2v) is 7.31. The Morgan fingerprint density at radius 1 is 1.00 bits per heavy atom. The summed E-state index contributed by atoms with van der Waals surface area (Å²) >= 11 is 5.99. The van der Waals surface area contributed by atoms with E-state index in [0.717, 1.165) is 35.6 Å². The number of nitrogens with zero attached hydrogens (tertiary/aromatic N) is 2. The number of ether oxygens (including phenoxy) is 1. The largest absolute Gasteiger partial charge is 0.494 e. The van der Waals surface area contributed by atoms with Gasteiger partial charge in [0, 0.05) is 17.1 Å². The summed E-state index contributed by atoms with van der Waals surface area (Å²) in [5.41, 5.74) is 2.49. The molecule has 30 heavy (non-hydrogen) atoms. The first-order valence-electron chi connectivity index (χ1n) is 9.86. The number of nitrogens with one attached hydrogen (secondary N) is 1. The number of rotatable bonds is 8. The zero-order valence-corrected chi connectivity index (χ0v) is 17.2. The van der Waals surface area contributed by atoms with Crippen molar-refractivity contribution < 1.29 is 9.53 Å². The van der Waals surface area contributed by atoms with Gasteiger partial charge < -0.3 is 14.6 Å². The summed E-state index contributed by atoms with van der Waals surface area (Å²) in [6.45, 7) is 1.68. The summed E-state index contributed by atoms with van der Waals surface area (Å²) in [4.78, 5) is 17.2. The third-order valence-electron chi connectivity index (χ3n) is 4.77. The first kappa shape index (κ1) is 20.0. The number of carbonyl (C=O) groups excluding carboxylic acids is 1. The molecule has 3 aromatic carbocycles. The fraction of sp³-hybridized carbons (Fsp3) is 0.167. The van der Waals surface area contributed by atoms with Crippen molar-refractivity contribution in [2.75, 3.05) is 6.61 Å². The van der Waals surface area contributed by atoms with Crippen LogP contribution in [0.5, 0.6) is 5.75 Å². The van der Waals surface area contributed by atoms with E-state index >= 15 is 0 Å². The molecule has 6 heteroatoms. The molecule has 4 aromatic rings. The highest BCUT2D eigenvalue weighted by molar-refractivity contribution is 6.30. The van der Waals surface area contributed by atoms with Crippen LogP contribution < -0.4 is 10.1 Å². The standard InChI is InChI=1S/C24H22ClN3O2/c25-19-9-6-8-18(16-19)24(29)26-17-23-27-21-12-4-5-13-22(21)28(23)14-7-15-30-20-10-2-1-3-11-20/h1-6,8-13,16H,7,14-15,17H2,(H,26,29). The zero-order chi connectivity index (χ0) is 20.8. The molecule has 0 spiro atoms. The van der Waals surface area contributed by atoms with Crippen molar-refractivity contribution >= 4 is 28.5 Å². The maximum absolute atomic E-state index is 12.5. The third kappa shape index (κ3) is 4.81. The Morgan fingerprint density at radius 3 is 2.63 bits per heavy atom. The van der Waals surface area contributed by atoms with Gasteiger partial charge in [-0.3, -0.25) is 4.79 Å². The third-order valence-corrected chi connectivity index (χ3v) is 5.00. The lowest BCUT2D eigenvalue weighted by Gasteiger charge is -2.11. The molecule has 0 radical (unpaired) electrons. The highest BCUT2D eigenvalue weighted by Crippen LogP contribution is 2.17. The predicted molar refractivity (Wildman–Crippen MR) is 119 cm³/mol. The fourth-order valence-electron chi connectivity index (χ4n) is 3.33. The molecule has 1 N–H and O–H groups in total. The van der Waals surface area contributed by atoms with Crippen molar-refractivity contribution in [2.45, 2.75) is 19.5 Å². The number of hydrogen-bond donors (Lipinski definition) is 1. The number of carbonyl (C=O) groups is 1. The number of para-hydroxylation sites is 3. The van der Waals surface area contributed by atoms with E-state index < -0.39 is 0 Å². The van der Waals surface area contributed by atoms with Crippen LogP contribution in [-0.4, -0.2) is 22.1 Å². The van der Waals surface area contributed by atoms with Gasteiger partial charge in [0.1, 0.15) is 11.6 Å². The molecule has 152 valence electrons. The van der Waals surface area contributed by atoms with Gasteiger partial charge in [0.2, 0.25) is 0 Å². The zero-order valence-electron chi connectivity index (χ0n) is 16.4. The van der Waals surface area contributed by atoms with Gasteiger partial charge in [-0.05, 0) is 48.9 Å². The lowest BCUT2D eigenvalue weighted by atomic mass is 10.2. The number of benzene rings is 3. The summed E-state index contributed by atoms with van der Waals surface area (Å²) in [6.07, 6.45) is 0.824. The maximum Gasteiger partial charge on any atom is 0.251 e. The number of aryl methyl sites for hydroxylation is 1. The van der Waals surface area contributed by atoms with Crippen LogP contribution in [0.2, 0.25) is 5.02 Å². The Hall–Kier alpha value is -3.31. The van der Waals surface area contributed by atoms with Gasteiger partial charge in [-0.15, -0.1) is 0 Å². The Morgan fingerprint density at radius 2 is 1.80 bits per heavy atom. The lowest BCUT2D eigenvalue weighted by Crippen LogP contribution is -2.25. The van der Waals surface area contributed by atoms with E-state index in [4.69, 9.17) is 21.3 Å². The molecule has 0 bridgehead atoms. The highest BCUT2D eigenvalue weighted by Gasteiger charge is 2.12. The summed E-state index contributed by atoms with van der Waals surface area (Å²) in [5.74, 6) is 1.50. The molecule has 0 saturated carbocycles. The van der Waals surface area contributed by atoms with Gasteiger partial charge in [-0.1, -0.05) is 48.0 Å². The normalized spacial score (nSPS) is 10.8. The fourth-order valence-corrected chi connectivity index (χ4v) is 3.52. The van der Waals surface area contributed by atoms with Crippen LogP contribution in [0.15, 0.2) is 78.9 Å². The van der Waals surface area contributed by atoms with Gasteiger partial charge in [-0.2, -0.15) is 0 Å². The number of fused-ring (bicyclic) bond motifs is 1. The summed E-state index contributed by atoms with van der Waals surface area (Å²) in [6, 6.07) is 24.7. The topological polar surface area (TPSA) is 56.2 Å². The first-order chi connectivity index (χ1) is 14.7. The molecule has 0 aliphatic heterocycles. The van der Waals surface area contributed by atoms with Crippen molar-refractivity contribution in [1.29, 1.82) is 0 Å². The van der Waals surface area contributed by atoms with Gasteiger partial charge in [0.05, 0.1) is 24.2 Å². The SMILES string of the molecule is O=C(NCc1nc2ccccc2n1CCCOc1ccccc1)c1cccc(Cl)c1. The molecule has 5 nitrogen and oxygen atoms in total. The molecule has 0 saturated heterocycles. The molecule has 4 rings (SSSR count). The number of hydrogen-bond acceptors (Lipinski definition) is 3. The van der Waals surface area contributed by atoms with Crippen molar-refractivity contribution in [3.63, 3.8) is 0 Å². The van der Waals surface area contributed by atoms with E-state index in [1.807, 2.05) is 54.6 Å². The second kappa shape index (κ2) is 9.46. The van der Waals surface area contributed by atoms with E-state index in [0.29, 0.717) is 23.7 Å². The number of aromatic nitrogens is 2. The first-order valence-corrected chi connectivity index (χ1v) is 10.2. The van der Waals surface area contributed by atoms with Gasteiger partial charge in [0.15, 0.2) is 0 Å². The van der Waals surface area contributed by atoms with E-state index in [-0.39, 0.29) is 5.91 Å². The molecule has 0 unspecified atom stereocenters. The predicted octanol–water partition coefficient (Wildman–Crippen LogP) is 5.09. The minimum Gasteiger partial charge on any atom is -0.494 e. The minimum absolute atomic E-state index is 0.177. The molecular weight excluding hydrogens is 398 g/mol. The van der Waals surface area contributed by atoms with Crippen LogP contribution in [0, 0.1) is 0 Å². The van der Waals surface area contributed by atoms with Crippen molar-refractivity contribution in [3.8, 4) is 5.75 Å². The Labute approximate surface area is 180 Å². The van der Waals surface area contributed by atoms with Crippen LogP contribution >= 0.6 is 11.6 Å². The summed E-state index contributed by atoms with van der Waals surface area (Å²) < 4.78 is 7.95. The van der Waals surface area contributed by atoms with Crippen LogP contribution in [-0.2, 0) is 13.1 Å². The monoisotopic (exact) mass is 419 g/mol. The Kier molecular flexibility index (Phi) is 6.30. The number of amides is 1. The van der Waals surface area contributed by atoms with Crippen LogP contribution in [0.1, 0.15) is 22.6 Å². The van der Waals surface area contributed by atoms with Crippen molar-refractivity contribution in [1.82, 2.24) is 14.9 Å². The summed E-state index contributed by atoms with van der Waals surface area (Å²) in [7, 11) is 0. The van der Waals surface area contributed by atoms with Crippen LogP contribution in [0.3, 0.4) is 0 Å². The molecule has 1 heterocycles. The molecule has 1 aromatic heterocycles. The van der Waals surface area contributed by atoms with E-state index in [2.05, 4.69) is 9.88 Å². The molecule has 0 atom stereocenters. The van der Waals surface area contributed by atoms with Gasteiger partial charge in [-0.25, -0.2) is 4.98 Å². The lowest BCUT2D eigenvalue weighted by molar-refractivity contribution is 0.0949. The molecule has 0 aliphatic carbocycles. The van der Waals surface area contributed by atoms with Crippen molar-refractivity contribution in [3.05, 3.63) is 95.3 Å². The van der Waals surface area contributed by atoms with Crippen molar-refractivity contribution in [2.24, 2.45) is 0 Å². The number of imidazole rings is 1. The molecule has 1 amide bonds. The Balaban J connectivity index is 1.44. The maximum atomic E-state index is 12.5. The number of halogens is 1. The van der Waals surface area contributed by atoms with E-state index in [1.54, 1.807) is 24.3 Å². The van der Waals surface area contributed by atoms with Crippen LogP contribution in [0.25, 0.3) is 11.0 Å². The van der Waals surface area contributed by atoms with E-state index in [1.165, 1.54) is 0 Å². The molecule has 0 aliphatic rings. The molecular formula is C24H22ClN3O2. The molecule has 0 fully saturated rings. The Bertz CT molecular complexity index is 1140. The highest BCUT2D eigenvalue weighted by atomic mass is 35.5. The quantitative estimate of drug-likeness (QED) is 0.405. The second-order valence-electron chi connectivity index (χ2n) is 6.88. The summed E-state index contributed by atoms with van der Waals surface area (Å²) in [5, 5.41) is 3.48. The van der Waals surface area contributed by atoms with Gasteiger partial charge >= 0.3 is 0 Å². The average Bonchev–Trinajstić information content (AvgIpc) is 3.13. The average molecular weight is 420 g/mol. The van der Waals surface area contributed by atoms with Gasteiger partial charge in [0.25, 0.3) is 5.91 Å². The van der Waals surface area contributed by atoms with Crippen LogP contribution in [0.4, 0.5) is 0 Å². The smallest absolute Gasteiger partial charge is 0.251 e. The minimum atomic E-state index is -0.177.